The molecule has 0 fully saturated rings. The first-order valence-corrected chi connectivity index (χ1v) is 7.93. The summed E-state index contributed by atoms with van der Waals surface area (Å²) in [7, 11) is 0. The number of hydrogen-bond acceptors (Lipinski definition) is 1. The number of nitrogens with one attached hydrogen (secondary N) is 1. The van der Waals surface area contributed by atoms with Gasteiger partial charge in [-0.1, -0.05) is 31.5 Å². The van der Waals surface area contributed by atoms with Gasteiger partial charge in [0.2, 0.25) is 0 Å². The van der Waals surface area contributed by atoms with Gasteiger partial charge in [-0.3, -0.25) is 0 Å². The van der Waals surface area contributed by atoms with Crippen molar-refractivity contribution in [1.29, 1.82) is 0 Å². The van der Waals surface area contributed by atoms with E-state index in [9.17, 15) is 4.39 Å². The number of fused-ring (bicyclic) bond motifs is 1. The number of hydrogen-bond donors (Lipinski definition) is 1. The average Bonchev–Trinajstić information content (AvgIpc) is 2.79. The van der Waals surface area contributed by atoms with Crippen LogP contribution in [0.3, 0.4) is 0 Å². The molecule has 1 aromatic carbocycles. The zero-order chi connectivity index (χ0) is 14.7. The third kappa shape index (κ3) is 3.18. The van der Waals surface area contributed by atoms with E-state index < -0.39 is 0 Å². The van der Waals surface area contributed by atoms with E-state index in [0.717, 1.165) is 18.5 Å². The number of halogens is 1. The van der Waals surface area contributed by atoms with Crippen LogP contribution in [0.15, 0.2) is 36.7 Å². The van der Waals surface area contributed by atoms with Gasteiger partial charge in [-0.25, -0.2) is 4.39 Å². The van der Waals surface area contributed by atoms with E-state index >= 15 is 0 Å². The first kappa shape index (κ1) is 14.3. The number of aryl methyl sites for hydroxylation is 1. The quantitative estimate of drug-likeness (QED) is 0.839. The van der Waals surface area contributed by atoms with E-state index in [1.807, 2.05) is 12.1 Å². The lowest BCUT2D eigenvalue weighted by Gasteiger charge is -2.15. The molecular formula is C18H23FN2. The van der Waals surface area contributed by atoms with Gasteiger partial charge in [0.1, 0.15) is 5.82 Å². The van der Waals surface area contributed by atoms with Crippen LogP contribution in [0.5, 0.6) is 0 Å². The summed E-state index contributed by atoms with van der Waals surface area (Å²) in [6, 6.07) is 7.49. The van der Waals surface area contributed by atoms with Crippen LogP contribution in [0.25, 0.3) is 0 Å². The predicted molar refractivity (Wildman–Crippen MR) is 83.9 cm³/mol. The molecule has 1 aromatic heterocycles. The van der Waals surface area contributed by atoms with Gasteiger partial charge in [-0.05, 0) is 43.0 Å². The normalized spacial score (nSPS) is 18.3. The first-order valence-electron chi connectivity index (χ1n) is 7.93. The van der Waals surface area contributed by atoms with Gasteiger partial charge in [-0.15, -0.1) is 0 Å². The number of nitrogens with zero attached hydrogens (tertiary/aromatic N) is 1. The molecule has 0 spiro atoms. The molecular weight excluding hydrogens is 263 g/mol. The van der Waals surface area contributed by atoms with Crippen molar-refractivity contribution in [1.82, 2.24) is 9.88 Å². The van der Waals surface area contributed by atoms with Crippen molar-refractivity contribution in [3.63, 3.8) is 0 Å². The molecule has 1 N–H and O–H groups in total. The summed E-state index contributed by atoms with van der Waals surface area (Å²) in [6.07, 6.45) is 9.28. The molecule has 0 radical (unpaired) electrons. The van der Waals surface area contributed by atoms with Crippen molar-refractivity contribution in [3.05, 3.63) is 59.2 Å². The van der Waals surface area contributed by atoms with Crippen molar-refractivity contribution in [2.24, 2.45) is 0 Å². The van der Waals surface area contributed by atoms with Gasteiger partial charge in [-0.2, -0.15) is 0 Å². The summed E-state index contributed by atoms with van der Waals surface area (Å²) in [5.74, 6) is -0.121. The van der Waals surface area contributed by atoms with Crippen molar-refractivity contribution < 1.29 is 4.39 Å². The second-order valence-electron chi connectivity index (χ2n) is 5.86. The van der Waals surface area contributed by atoms with Crippen LogP contribution >= 0.6 is 0 Å². The minimum Gasteiger partial charge on any atom is -0.349 e. The standard InChI is InChI=1S/C18H23FN2/c1-2-20-18-10-6-4-7-14-11-21(13-16(14)18)12-15-8-3-5-9-17(15)19/h3,5,8-9,11,13,18,20H,2,4,6-7,10,12H2,1H3. The van der Waals surface area contributed by atoms with Gasteiger partial charge >= 0.3 is 0 Å². The zero-order valence-corrected chi connectivity index (χ0v) is 12.6. The van der Waals surface area contributed by atoms with E-state index in [4.69, 9.17) is 0 Å². The molecule has 2 nitrogen and oxygen atoms in total. The third-order valence-electron chi connectivity index (χ3n) is 4.32. The molecule has 1 atom stereocenters. The zero-order valence-electron chi connectivity index (χ0n) is 12.6. The molecule has 21 heavy (non-hydrogen) atoms. The summed E-state index contributed by atoms with van der Waals surface area (Å²) in [4.78, 5) is 0. The Morgan fingerprint density at radius 2 is 2.10 bits per heavy atom. The van der Waals surface area contributed by atoms with Crippen LogP contribution in [0.4, 0.5) is 4.39 Å². The fourth-order valence-electron chi connectivity index (χ4n) is 3.29. The number of aromatic nitrogens is 1. The highest BCUT2D eigenvalue weighted by Gasteiger charge is 2.19. The number of rotatable bonds is 4. The summed E-state index contributed by atoms with van der Waals surface area (Å²) in [5, 5.41) is 3.58. The molecule has 0 bridgehead atoms. The highest BCUT2D eigenvalue weighted by Crippen LogP contribution is 2.29. The summed E-state index contributed by atoms with van der Waals surface area (Å²) in [5.41, 5.74) is 3.59. The molecule has 1 aliphatic carbocycles. The minimum absolute atomic E-state index is 0.121. The maximum absolute atomic E-state index is 13.8. The van der Waals surface area contributed by atoms with E-state index in [2.05, 4.69) is 29.2 Å². The molecule has 0 aliphatic heterocycles. The van der Waals surface area contributed by atoms with Crippen LogP contribution in [-0.4, -0.2) is 11.1 Å². The maximum Gasteiger partial charge on any atom is 0.128 e. The maximum atomic E-state index is 13.8. The Bertz CT molecular complexity index is 603. The van der Waals surface area contributed by atoms with Crippen molar-refractivity contribution in [2.75, 3.05) is 6.54 Å². The second-order valence-corrected chi connectivity index (χ2v) is 5.86. The van der Waals surface area contributed by atoms with Crippen LogP contribution in [0, 0.1) is 5.82 Å². The lowest BCUT2D eigenvalue weighted by Crippen LogP contribution is -2.20. The van der Waals surface area contributed by atoms with Gasteiger partial charge in [0, 0.05) is 30.5 Å². The smallest absolute Gasteiger partial charge is 0.128 e. The Kier molecular flexibility index (Phi) is 4.39. The Morgan fingerprint density at radius 1 is 1.24 bits per heavy atom. The summed E-state index contributed by atoms with van der Waals surface area (Å²) < 4.78 is 15.9. The Balaban J connectivity index is 1.85. The lowest BCUT2D eigenvalue weighted by molar-refractivity contribution is 0.502. The molecule has 3 rings (SSSR count). The topological polar surface area (TPSA) is 17.0 Å². The number of benzene rings is 1. The van der Waals surface area contributed by atoms with Crippen molar-refractivity contribution in [2.45, 2.75) is 45.2 Å². The molecule has 0 amide bonds. The SMILES string of the molecule is CCNC1CCCCc2cn(Cc3ccccc3F)cc21. The molecule has 1 heterocycles. The molecule has 3 heteroatoms. The first-order chi connectivity index (χ1) is 10.3. The lowest BCUT2D eigenvalue weighted by atomic mass is 10.0. The summed E-state index contributed by atoms with van der Waals surface area (Å²) >= 11 is 0. The van der Waals surface area contributed by atoms with Gasteiger partial charge in [0.15, 0.2) is 0 Å². The van der Waals surface area contributed by atoms with Gasteiger partial charge < -0.3 is 9.88 Å². The Morgan fingerprint density at radius 3 is 2.90 bits per heavy atom. The molecule has 0 saturated carbocycles. The van der Waals surface area contributed by atoms with Gasteiger partial charge in [0.05, 0.1) is 0 Å². The van der Waals surface area contributed by atoms with Crippen LogP contribution in [-0.2, 0) is 13.0 Å². The largest absolute Gasteiger partial charge is 0.349 e. The van der Waals surface area contributed by atoms with Crippen molar-refractivity contribution in [3.8, 4) is 0 Å². The second kappa shape index (κ2) is 6.44. The van der Waals surface area contributed by atoms with Crippen molar-refractivity contribution >= 4 is 0 Å². The van der Waals surface area contributed by atoms with Crippen LogP contribution < -0.4 is 5.32 Å². The monoisotopic (exact) mass is 286 g/mol. The average molecular weight is 286 g/mol. The van der Waals surface area contributed by atoms with Crippen LogP contribution in [0.2, 0.25) is 0 Å². The van der Waals surface area contributed by atoms with E-state index in [-0.39, 0.29) is 5.82 Å². The molecule has 1 aliphatic rings. The molecule has 2 aromatic rings. The predicted octanol–water partition coefficient (Wildman–Crippen LogP) is 4.05. The highest BCUT2D eigenvalue weighted by atomic mass is 19.1. The minimum atomic E-state index is -0.121. The molecule has 1 unspecified atom stereocenters. The Labute approximate surface area is 126 Å². The Hall–Kier alpha value is -1.61. The van der Waals surface area contributed by atoms with Crippen LogP contribution in [0.1, 0.15) is 48.9 Å². The third-order valence-corrected chi connectivity index (χ3v) is 4.32. The fraction of sp³-hybridized carbons (Fsp3) is 0.444. The fourth-order valence-corrected chi connectivity index (χ4v) is 3.29. The molecule has 112 valence electrons. The van der Waals surface area contributed by atoms with E-state index in [0.29, 0.717) is 12.6 Å². The molecule has 0 saturated heterocycles. The van der Waals surface area contributed by atoms with E-state index in [1.165, 1.54) is 36.5 Å². The van der Waals surface area contributed by atoms with E-state index in [1.54, 1.807) is 6.07 Å². The van der Waals surface area contributed by atoms with Gasteiger partial charge in [0.25, 0.3) is 0 Å². The summed E-state index contributed by atoms with van der Waals surface area (Å²) in [6.45, 7) is 3.75. The highest BCUT2D eigenvalue weighted by molar-refractivity contribution is 5.30.